The molecule has 0 aliphatic rings. The van der Waals surface area contributed by atoms with Gasteiger partial charge >= 0.3 is 0 Å². The van der Waals surface area contributed by atoms with Gasteiger partial charge in [-0.3, -0.25) is 0 Å². The van der Waals surface area contributed by atoms with Crippen LogP contribution in [-0.2, 0) is 6.54 Å². The Bertz CT molecular complexity index is 1010. The topological polar surface area (TPSA) is 67.1 Å². The zero-order valence-corrected chi connectivity index (χ0v) is 14.7. The number of hydrogen-bond donors (Lipinski definition) is 1. The molecule has 4 rings (SSSR count). The number of benzene rings is 2. The molecular weight excluding hydrogens is 326 g/mol. The summed E-state index contributed by atoms with van der Waals surface area (Å²) in [5.41, 5.74) is 5.29. The number of nitrogens with one attached hydrogen (secondary N) is 1. The van der Waals surface area contributed by atoms with E-state index in [0.29, 0.717) is 23.5 Å². The van der Waals surface area contributed by atoms with Crippen molar-refractivity contribution in [1.29, 1.82) is 0 Å². The lowest BCUT2D eigenvalue weighted by atomic mass is 10.1. The van der Waals surface area contributed by atoms with Crippen LogP contribution in [0.3, 0.4) is 0 Å². The highest BCUT2D eigenvalue weighted by Crippen LogP contribution is 2.29. The minimum atomic E-state index is 0.566. The first-order valence-corrected chi connectivity index (χ1v) is 8.38. The van der Waals surface area contributed by atoms with Crippen LogP contribution in [0.5, 0.6) is 0 Å². The van der Waals surface area contributed by atoms with E-state index in [0.717, 1.165) is 16.8 Å². The highest BCUT2D eigenvalue weighted by molar-refractivity contribution is 5.93. The fourth-order valence-corrected chi connectivity index (χ4v) is 2.77. The van der Waals surface area contributed by atoms with Crippen molar-refractivity contribution in [3.05, 3.63) is 66.5 Å². The van der Waals surface area contributed by atoms with Crippen LogP contribution in [0.15, 0.2) is 65.4 Å². The maximum absolute atomic E-state index is 5.53. The van der Waals surface area contributed by atoms with Crippen molar-refractivity contribution in [1.82, 2.24) is 15.1 Å². The van der Waals surface area contributed by atoms with Gasteiger partial charge in [0, 0.05) is 31.9 Å². The van der Waals surface area contributed by atoms with Crippen LogP contribution >= 0.6 is 0 Å². The number of aromatic nitrogens is 3. The lowest BCUT2D eigenvalue weighted by Crippen LogP contribution is -2.08. The second kappa shape index (κ2) is 6.84. The summed E-state index contributed by atoms with van der Waals surface area (Å²) in [7, 11) is 4.05. The minimum absolute atomic E-state index is 0.566. The summed E-state index contributed by atoms with van der Waals surface area (Å²) in [6, 6.07) is 18.2. The van der Waals surface area contributed by atoms with Gasteiger partial charge in [-0.15, -0.1) is 0 Å². The Labute approximate surface area is 151 Å². The van der Waals surface area contributed by atoms with Crippen LogP contribution < -0.4 is 10.2 Å². The molecule has 0 radical (unpaired) electrons. The third kappa shape index (κ3) is 3.09. The van der Waals surface area contributed by atoms with E-state index in [9.17, 15) is 0 Å². The van der Waals surface area contributed by atoms with Gasteiger partial charge in [-0.25, -0.2) is 9.97 Å². The first-order valence-electron chi connectivity index (χ1n) is 8.38. The fourth-order valence-electron chi connectivity index (χ4n) is 2.77. The largest absolute Gasteiger partial charge is 0.378 e. The van der Waals surface area contributed by atoms with Gasteiger partial charge in [0.2, 0.25) is 5.58 Å². The monoisotopic (exact) mass is 345 g/mol. The van der Waals surface area contributed by atoms with Crippen LogP contribution in [0.2, 0.25) is 0 Å². The van der Waals surface area contributed by atoms with Crippen LogP contribution in [0, 0.1) is 0 Å². The molecule has 0 amide bonds. The molecule has 0 bridgehead atoms. The molecule has 0 fully saturated rings. The van der Waals surface area contributed by atoms with E-state index in [1.165, 1.54) is 12.0 Å². The number of anilines is 2. The van der Waals surface area contributed by atoms with E-state index < -0.39 is 0 Å². The van der Waals surface area contributed by atoms with E-state index in [-0.39, 0.29) is 0 Å². The lowest BCUT2D eigenvalue weighted by Gasteiger charge is -2.13. The van der Waals surface area contributed by atoms with Crippen molar-refractivity contribution in [2.75, 3.05) is 24.3 Å². The van der Waals surface area contributed by atoms with Crippen molar-refractivity contribution < 1.29 is 4.52 Å². The average molecular weight is 345 g/mol. The molecule has 6 nitrogen and oxygen atoms in total. The molecule has 4 aromatic rings. The molecule has 0 saturated carbocycles. The molecule has 0 unspecified atom stereocenters. The molecular formula is C20H19N5O. The van der Waals surface area contributed by atoms with Gasteiger partial charge in [-0.1, -0.05) is 47.6 Å². The number of hydrogen-bond acceptors (Lipinski definition) is 6. The smallest absolute Gasteiger partial charge is 0.228 e. The standard InChI is InChI=1S/C20H19N5O/c1-25(2)16-10-8-14(9-11-16)12-21-20-19-18(22-13-23-20)17(24-26-19)15-6-4-3-5-7-15/h3-11,13H,12H2,1-2H3,(H,21,22,23). The molecule has 0 spiro atoms. The van der Waals surface area contributed by atoms with Crippen LogP contribution in [0.1, 0.15) is 5.56 Å². The SMILES string of the molecule is CN(C)c1ccc(CNc2ncnc3c(-c4ccccc4)noc23)cc1. The normalized spacial score (nSPS) is 10.8. The molecule has 2 aromatic heterocycles. The van der Waals surface area contributed by atoms with Crippen LogP contribution in [0.4, 0.5) is 11.5 Å². The van der Waals surface area contributed by atoms with Gasteiger partial charge in [-0.2, -0.15) is 0 Å². The molecule has 130 valence electrons. The Morgan fingerprint density at radius 1 is 0.962 bits per heavy atom. The lowest BCUT2D eigenvalue weighted by molar-refractivity contribution is 0.459. The van der Waals surface area contributed by atoms with Crippen LogP contribution in [-0.4, -0.2) is 29.2 Å². The van der Waals surface area contributed by atoms with Gasteiger partial charge < -0.3 is 14.7 Å². The number of nitrogens with zero attached hydrogens (tertiary/aromatic N) is 4. The molecule has 0 atom stereocenters. The summed E-state index contributed by atoms with van der Waals surface area (Å²) in [6.45, 7) is 0.640. The summed E-state index contributed by atoms with van der Waals surface area (Å²) >= 11 is 0. The van der Waals surface area contributed by atoms with Crippen molar-refractivity contribution in [3.8, 4) is 11.3 Å². The van der Waals surface area contributed by atoms with Gasteiger partial charge in [-0.05, 0) is 17.7 Å². The zero-order valence-electron chi connectivity index (χ0n) is 14.7. The first kappa shape index (κ1) is 16.1. The molecule has 0 aliphatic heterocycles. The van der Waals surface area contributed by atoms with E-state index >= 15 is 0 Å². The Kier molecular flexibility index (Phi) is 4.23. The van der Waals surface area contributed by atoms with Gasteiger partial charge in [0.25, 0.3) is 0 Å². The molecule has 1 N–H and O–H groups in total. The number of rotatable bonds is 5. The maximum atomic E-state index is 5.53. The summed E-state index contributed by atoms with van der Waals surface area (Å²) in [5, 5.41) is 7.51. The second-order valence-corrected chi connectivity index (χ2v) is 6.21. The molecule has 26 heavy (non-hydrogen) atoms. The highest BCUT2D eigenvalue weighted by Gasteiger charge is 2.15. The minimum Gasteiger partial charge on any atom is -0.378 e. The van der Waals surface area contributed by atoms with E-state index in [4.69, 9.17) is 4.52 Å². The predicted octanol–water partition coefficient (Wildman–Crippen LogP) is 3.96. The van der Waals surface area contributed by atoms with Crippen molar-refractivity contribution in [2.45, 2.75) is 6.54 Å². The Balaban J connectivity index is 1.58. The summed E-state index contributed by atoms with van der Waals surface area (Å²) in [5.74, 6) is 0.640. The van der Waals surface area contributed by atoms with Gasteiger partial charge in [0.15, 0.2) is 5.82 Å². The quantitative estimate of drug-likeness (QED) is 0.590. The van der Waals surface area contributed by atoms with E-state index in [2.05, 4.69) is 49.6 Å². The van der Waals surface area contributed by atoms with Crippen LogP contribution in [0.25, 0.3) is 22.4 Å². The van der Waals surface area contributed by atoms with Gasteiger partial charge in [0.05, 0.1) is 0 Å². The summed E-state index contributed by atoms with van der Waals surface area (Å²) in [4.78, 5) is 10.7. The molecule has 0 aliphatic carbocycles. The Morgan fingerprint density at radius 3 is 2.46 bits per heavy atom. The third-order valence-corrected chi connectivity index (χ3v) is 4.22. The fraction of sp³-hybridized carbons (Fsp3) is 0.150. The zero-order chi connectivity index (χ0) is 17.9. The Hall–Kier alpha value is -3.41. The molecule has 2 aromatic carbocycles. The second-order valence-electron chi connectivity index (χ2n) is 6.21. The number of fused-ring (bicyclic) bond motifs is 1. The average Bonchev–Trinajstić information content (AvgIpc) is 3.12. The molecule has 6 heteroatoms. The predicted molar refractivity (Wildman–Crippen MR) is 103 cm³/mol. The first-order chi connectivity index (χ1) is 12.7. The maximum Gasteiger partial charge on any atom is 0.228 e. The van der Waals surface area contributed by atoms with E-state index in [1.54, 1.807) is 0 Å². The molecule has 0 saturated heterocycles. The summed E-state index contributed by atoms with van der Waals surface area (Å²) < 4.78 is 5.53. The van der Waals surface area contributed by atoms with Crippen molar-refractivity contribution >= 4 is 22.6 Å². The molecule has 2 heterocycles. The van der Waals surface area contributed by atoms with E-state index in [1.807, 2.05) is 44.4 Å². The van der Waals surface area contributed by atoms with Crippen molar-refractivity contribution in [3.63, 3.8) is 0 Å². The third-order valence-electron chi connectivity index (χ3n) is 4.22. The Morgan fingerprint density at radius 2 is 1.73 bits per heavy atom. The summed E-state index contributed by atoms with van der Waals surface area (Å²) in [6.07, 6.45) is 1.53. The van der Waals surface area contributed by atoms with Gasteiger partial charge in [0.1, 0.15) is 17.5 Å². The highest BCUT2D eigenvalue weighted by atomic mass is 16.5. The van der Waals surface area contributed by atoms with Crippen molar-refractivity contribution in [2.24, 2.45) is 0 Å².